The first kappa shape index (κ1) is 17.2. The van der Waals surface area contributed by atoms with Crippen molar-refractivity contribution < 1.29 is 23.1 Å². The van der Waals surface area contributed by atoms with E-state index < -0.39 is 21.7 Å². The van der Waals surface area contributed by atoms with Crippen LogP contribution in [0.25, 0.3) is 0 Å². The van der Waals surface area contributed by atoms with E-state index in [1.165, 1.54) is 0 Å². The molecule has 0 amide bonds. The van der Waals surface area contributed by atoms with E-state index in [9.17, 15) is 13.2 Å². The number of methoxy groups -OCH3 is 1. The Bertz CT molecular complexity index is 643. The summed E-state index contributed by atoms with van der Waals surface area (Å²) >= 11 is 0. The average Bonchev–Trinajstić information content (AvgIpc) is 2.45. The van der Waals surface area contributed by atoms with Crippen LogP contribution in [-0.4, -0.2) is 39.0 Å². The van der Waals surface area contributed by atoms with Crippen molar-refractivity contribution in [1.29, 1.82) is 0 Å². The number of sulfonamides is 1. The van der Waals surface area contributed by atoms with Crippen LogP contribution in [0.15, 0.2) is 24.3 Å². The molecular formula is C14H17NO5S. The van der Waals surface area contributed by atoms with E-state index in [0.717, 1.165) is 18.2 Å². The molecule has 0 radical (unpaired) electrons. The average molecular weight is 311 g/mol. The number of aliphatic hydroxyl groups excluding tert-OH is 1. The maximum Gasteiger partial charge on any atom is 0.322 e. The number of carbonyl (C=O) groups is 1. The fourth-order valence-corrected chi connectivity index (χ4v) is 2.35. The number of ether oxygens (including phenoxy) is 1. The molecule has 114 valence electrons. The summed E-state index contributed by atoms with van der Waals surface area (Å²) in [6.07, 6.45) is 0.385. The molecule has 0 bridgehead atoms. The Hall–Kier alpha value is -1.88. The van der Waals surface area contributed by atoms with E-state index in [-0.39, 0.29) is 13.2 Å². The summed E-state index contributed by atoms with van der Waals surface area (Å²) in [6, 6.07) is 7.03. The third-order valence-corrected chi connectivity index (χ3v) is 3.63. The molecule has 0 aromatic heterocycles. The number of carbonyl (C=O) groups excluding carboxylic acids is 1. The van der Waals surface area contributed by atoms with Gasteiger partial charge in [0.25, 0.3) is 0 Å². The molecule has 21 heavy (non-hydrogen) atoms. The van der Waals surface area contributed by atoms with Gasteiger partial charge in [0.1, 0.15) is 0 Å². The zero-order valence-corrected chi connectivity index (χ0v) is 12.4. The molecule has 0 atom stereocenters. The Kier molecular flexibility index (Phi) is 6.88. The predicted octanol–water partition coefficient (Wildman–Crippen LogP) is 0.0129. The quantitative estimate of drug-likeness (QED) is 0.570. The van der Waals surface area contributed by atoms with Crippen LogP contribution in [-0.2, 0) is 26.1 Å². The zero-order valence-electron chi connectivity index (χ0n) is 11.6. The number of aliphatic hydroxyl groups is 1. The van der Waals surface area contributed by atoms with Crippen LogP contribution in [0, 0.1) is 11.8 Å². The fourth-order valence-electron chi connectivity index (χ4n) is 1.44. The second-order valence-corrected chi connectivity index (χ2v) is 5.94. The molecule has 7 heteroatoms. The van der Waals surface area contributed by atoms with Crippen LogP contribution in [0.4, 0.5) is 0 Å². The van der Waals surface area contributed by atoms with Crippen LogP contribution >= 0.6 is 0 Å². The number of esters is 1. The molecule has 2 N–H and O–H groups in total. The van der Waals surface area contributed by atoms with Gasteiger partial charge in [-0.15, -0.1) is 0 Å². The van der Waals surface area contributed by atoms with E-state index in [1.807, 2.05) is 0 Å². The molecule has 0 aliphatic heterocycles. The normalized spacial score (nSPS) is 10.6. The lowest BCUT2D eigenvalue weighted by Gasteiger charge is -2.06. The number of hydrogen-bond donors (Lipinski definition) is 2. The molecule has 0 fully saturated rings. The van der Waals surface area contributed by atoms with E-state index in [2.05, 4.69) is 21.3 Å². The molecule has 1 aromatic carbocycles. The van der Waals surface area contributed by atoms with Gasteiger partial charge in [-0.05, 0) is 17.7 Å². The lowest BCUT2D eigenvalue weighted by atomic mass is 10.1. The highest BCUT2D eigenvalue weighted by Crippen LogP contribution is 2.04. The Balaban J connectivity index is 2.66. The van der Waals surface area contributed by atoms with Crippen LogP contribution in [0.2, 0.25) is 0 Å². The number of rotatable bonds is 6. The summed E-state index contributed by atoms with van der Waals surface area (Å²) in [6.45, 7) is 0.0644. The lowest BCUT2D eigenvalue weighted by Crippen LogP contribution is -2.30. The Labute approximate surface area is 124 Å². The molecule has 6 nitrogen and oxygen atoms in total. The monoisotopic (exact) mass is 311 g/mol. The van der Waals surface area contributed by atoms with Crippen molar-refractivity contribution in [2.75, 3.05) is 19.5 Å². The largest absolute Gasteiger partial charge is 0.468 e. The summed E-state index contributed by atoms with van der Waals surface area (Å²) in [7, 11) is -2.59. The predicted molar refractivity (Wildman–Crippen MR) is 77.7 cm³/mol. The van der Waals surface area contributed by atoms with Crippen molar-refractivity contribution in [3.63, 3.8) is 0 Å². The van der Waals surface area contributed by atoms with E-state index >= 15 is 0 Å². The Morgan fingerprint density at radius 3 is 2.86 bits per heavy atom. The van der Waals surface area contributed by atoms with Gasteiger partial charge in [-0.2, -0.15) is 0 Å². The van der Waals surface area contributed by atoms with Gasteiger partial charge < -0.3 is 9.84 Å². The number of benzene rings is 1. The molecule has 0 heterocycles. The van der Waals surface area contributed by atoms with Gasteiger partial charge in [-0.3, -0.25) is 4.79 Å². The van der Waals surface area contributed by atoms with Crippen molar-refractivity contribution >= 4 is 16.0 Å². The highest BCUT2D eigenvalue weighted by molar-refractivity contribution is 7.90. The minimum atomic E-state index is -3.72. The molecule has 0 aliphatic rings. The van der Waals surface area contributed by atoms with Gasteiger partial charge in [0.15, 0.2) is 5.75 Å². The van der Waals surface area contributed by atoms with Gasteiger partial charge in [0.2, 0.25) is 10.0 Å². The highest BCUT2D eigenvalue weighted by Gasteiger charge is 2.16. The van der Waals surface area contributed by atoms with Crippen molar-refractivity contribution in [2.45, 2.75) is 13.0 Å². The number of nitrogens with one attached hydrogen (secondary N) is 1. The number of hydrogen-bond acceptors (Lipinski definition) is 5. The standard InChI is InChI=1S/C14H17NO5S/c1-20-14(17)11-21(18,19)15-10-13-7-4-6-12(9-13)5-2-3-8-16/h4,6-7,9,15-16H,3,8,10-11H2,1H3. The van der Waals surface area contributed by atoms with Gasteiger partial charge in [-0.25, -0.2) is 13.1 Å². The highest BCUT2D eigenvalue weighted by atomic mass is 32.2. The van der Waals surface area contributed by atoms with Gasteiger partial charge >= 0.3 is 5.97 Å². The third kappa shape index (κ3) is 6.90. The fraction of sp³-hybridized carbons (Fsp3) is 0.357. The van der Waals surface area contributed by atoms with E-state index in [4.69, 9.17) is 5.11 Å². The Morgan fingerprint density at radius 1 is 1.43 bits per heavy atom. The van der Waals surface area contributed by atoms with Gasteiger partial charge in [0, 0.05) is 18.5 Å². The summed E-state index contributed by atoms with van der Waals surface area (Å²) in [5.41, 5.74) is 1.45. The minimum Gasteiger partial charge on any atom is -0.468 e. The summed E-state index contributed by atoms with van der Waals surface area (Å²) in [5.74, 6) is 4.13. The van der Waals surface area contributed by atoms with Crippen LogP contribution < -0.4 is 4.72 Å². The molecule has 0 spiro atoms. The molecule has 0 saturated heterocycles. The molecular weight excluding hydrogens is 294 g/mol. The molecule has 0 unspecified atom stereocenters. The second-order valence-electron chi connectivity index (χ2n) is 4.13. The SMILES string of the molecule is COC(=O)CS(=O)(=O)NCc1cccc(C#CCCO)c1. The Morgan fingerprint density at radius 2 is 2.19 bits per heavy atom. The maximum absolute atomic E-state index is 11.6. The van der Waals surface area contributed by atoms with Crippen LogP contribution in [0.5, 0.6) is 0 Å². The zero-order chi connectivity index (χ0) is 15.7. The first-order chi connectivity index (χ1) is 9.96. The van der Waals surface area contributed by atoms with E-state index in [0.29, 0.717) is 6.42 Å². The summed E-state index contributed by atoms with van der Waals surface area (Å²) in [4.78, 5) is 11.0. The van der Waals surface area contributed by atoms with E-state index in [1.54, 1.807) is 24.3 Å². The minimum absolute atomic E-state index is 0.0000179. The van der Waals surface area contributed by atoms with Crippen molar-refractivity contribution in [2.24, 2.45) is 0 Å². The summed E-state index contributed by atoms with van der Waals surface area (Å²) in [5, 5.41) is 8.65. The molecule has 1 aromatic rings. The lowest BCUT2D eigenvalue weighted by molar-refractivity contribution is -0.137. The molecule has 0 aliphatic carbocycles. The smallest absolute Gasteiger partial charge is 0.322 e. The van der Waals surface area contributed by atoms with Gasteiger partial charge in [-0.1, -0.05) is 24.0 Å². The van der Waals surface area contributed by atoms with Crippen LogP contribution in [0.1, 0.15) is 17.5 Å². The first-order valence-electron chi connectivity index (χ1n) is 6.19. The van der Waals surface area contributed by atoms with Gasteiger partial charge in [0.05, 0.1) is 13.7 Å². The topological polar surface area (TPSA) is 92.7 Å². The van der Waals surface area contributed by atoms with Crippen molar-refractivity contribution in [3.05, 3.63) is 35.4 Å². The van der Waals surface area contributed by atoms with Crippen molar-refractivity contribution in [3.8, 4) is 11.8 Å². The second kappa shape index (κ2) is 8.42. The first-order valence-corrected chi connectivity index (χ1v) is 7.85. The third-order valence-electron chi connectivity index (χ3n) is 2.43. The molecule has 0 saturated carbocycles. The summed E-state index contributed by atoms with van der Waals surface area (Å²) < 4.78 is 29.8. The van der Waals surface area contributed by atoms with Crippen LogP contribution in [0.3, 0.4) is 0 Å². The molecule has 1 rings (SSSR count). The van der Waals surface area contributed by atoms with Crippen molar-refractivity contribution in [1.82, 2.24) is 4.72 Å². The maximum atomic E-state index is 11.6.